The lowest BCUT2D eigenvalue weighted by Gasteiger charge is -2.21. The van der Waals surface area contributed by atoms with Crippen LogP contribution in [0.5, 0.6) is 0 Å². The van der Waals surface area contributed by atoms with Crippen LogP contribution in [0.3, 0.4) is 0 Å². The minimum Gasteiger partial charge on any atom is -0.326 e. The van der Waals surface area contributed by atoms with Crippen LogP contribution in [0, 0.1) is 5.92 Å². The van der Waals surface area contributed by atoms with Crippen molar-refractivity contribution >= 4 is 29.0 Å². The molecule has 23 heavy (non-hydrogen) atoms. The van der Waals surface area contributed by atoms with Gasteiger partial charge in [0.1, 0.15) is 0 Å². The van der Waals surface area contributed by atoms with Crippen LogP contribution >= 0.6 is 11.6 Å². The van der Waals surface area contributed by atoms with Crippen LogP contribution in [0.25, 0.3) is 0 Å². The van der Waals surface area contributed by atoms with Crippen molar-refractivity contribution in [3.05, 3.63) is 64.7 Å². The van der Waals surface area contributed by atoms with Crippen molar-refractivity contribution < 1.29 is 9.59 Å². The highest BCUT2D eigenvalue weighted by Crippen LogP contribution is 2.27. The summed E-state index contributed by atoms with van der Waals surface area (Å²) in [5.74, 6) is -0.186. The van der Waals surface area contributed by atoms with Crippen LogP contribution in [-0.4, -0.2) is 11.7 Å². The van der Waals surface area contributed by atoms with E-state index in [0.717, 1.165) is 5.56 Å². The van der Waals surface area contributed by atoms with Gasteiger partial charge in [0.15, 0.2) is 5.78 Å². The molecule has 0 saturated heterocycles. The molecule has 0 fully saturated rings. The summed E-state index contributed by atoms with van der Waals surface area (Å²) < 4.78 is 0. The Morgan fingerprint density at radius 2 is 1.52 bits per heavy atom. The van der Waals surface area contributed by atoms with E-state index in [2.05, 4.69) is 5.32 Å². The Labute approximate surface area is 141 Å². The summed E-state index contributed by atoms with van der Waals surface area (Å²) in [7, 11) is 0. The molecule has 1 atom stereocenters. The van der Waals surface area contributed by atoms with E-state index in [1.54, 1.807) is 36.4 Å². The molecule has 0 bridgehead atoms. The van der Waals surface area contributed by atoms with Crippen LogP contribution in [0.1, 0.15) is 42.6 Å². The third-order valence-corrected chi connectivity index (χ3v) is 3.99. The minimum atomic E-state index is -0.264. The van der Waals surface area contributed by atoms with Gasteiger partial charge in [-0.3, -0.25) is 9.59 Å². The second-order valence-corrected chi connectivity index (χ2v) is 6.33. The number of Topliss-reactive ketones (excluding diaryl/α,β-unsaturated/α-hetero) is 1. The number of halogens is 1. The summed E-state index contributed by atoms with van der Waals surface area (Å²) in [6.07, 6.45) is 0. The lowest BCUT2D eigenvalue weighted by molar-refractivity contribution is -0.118. The average molecular weight is 330 g/mol. The van der Waals surface area contributed by atoms with E-state index in [1.165, 1.54) is 6.92 Å². The van der Waals surface area contributed by atoms with Gasteiger partial charge in [-0.25, -0.2) is 0 Å². The number of anilines is 1. The van der Waals surface area contributed by atoms with E-state index in [9.17, 15) is 9.59 Å². The van der Waals surface area contributed by atoms with Crippen LogP contribution in [0.2, 0.25) is 5.02 Å². The number of benzene rings is 2. The minimum absolute atomic E-state index is 0.00379. The second-order valence-electron chi connectivity index (χ2n) is 5.90. The van der Waals surface area contributed by atoms with E-state index in [0.29, 0.717) is 16.3 Å². The lowest BCUT2D eigenvalue weighted by Crippen LogP contribution is -2.25. The van der Waals surface area contributed by atoms with Crippen molar-refractivity contribution in [2.24, 2.45) is 5.92 Å². The van der Waals surface area contributed by atoms with Crippen LogP contribution in [-0.2, 0) is 4.79 Å². The van der Waals surface area contributed by atoms with E-state index < -0.39 is 0 Å². The van der Waals surface area contributed by atoms with Gasteiger partial charge in [-0.15, -0.1) is 0 Å². The summed E-state index contributed by atoms with van der Waals surface area (Å²) in [5, 5.41) is 3.57. The molecular weight excluding hydrogens is 310 g/mol. The first-order chi connectivity index (χ1) is 10.9. The quantitative estimate of drug-likeness (QED) is 0.791. The molecule has 0 aromatic heterocycles. The highest BCUT2D eigenvalue weighted by molar-refractivity contribution is 6.30. The normalized spacial score (nSPS) is 12.0. The Kier molecular flexibility index (Phi) is 5.56. The number of ketones is 1. The molecule has 0 aliphatic rings. The number of nitrogens with one attached hydrogen (secondary N) is 1. The predicted octanol–water partition coefficient (Wildman–Crippen LogP) is 4.92. The molecule has 0 aliphatic carbocycles. The van der Waals surface area contributed by atoms with Crippen LogP contribution < -0.4 is 5.32 Å². The number of carbonyl (C=O) groups excluding carboxylic acids is 2. The van der Waals surface area contributed by atoms with Crippen molar-refractivity contribution in [3.8, 4) is 0 Å². The molecule has 1 amide bonds. The van der Waals surface area contributed by atoms with E-state index >= 15 is 0 Å². The maximum atomic E-state index is 12.6. The van der Waals surface area contributed by atoms with Gasteiger partial charge in [-0.1, -0.05) is 37.6 Å². The Morgan fingerprint density at radius 1 is 0.957 bits per heavy atom. The standard InChI is InChI=1S/C19H20ClNO2/c1-12(2)18(15-4-8-16(20)9-5-15)19(23)21-17-10-6-14(7-11-17)13(3)22/h4-12,18H,1-3H3,(H,21,23). The topological polar surface area (TPSA) is 46.2 Å². The van der Waals surface area contributed by atoms with E-state index in [1.807, 2.05) is 26.0 Å². The van der Waals surface area contributed by atoms with Crippen molar-refractivity contribution in [1.29, 1.82) is 0 Å². The fourth-order valence-corrected chi connectivity index (χ4v) is 2.64. The third-order valence-electron chi connectivity index (χ3n) is 3.74. The first kappa shape index (κ1) is 17.2. The van der Waals surface area contributed by atoms with Crippen LogP contribution in [0.15, 0.2) is 48.5 Å². The fourth-order valence-electron chi connectivity index (χ4n) is 2.52. The highest BCUT2D eigenvalue weighted by Gasteiger charge is 2.24. The highest BCUT2D eigenvalue weighted by atomic mass is 35.5. The van der Waals surface area contributed by atoms with Gasteiger partial charge in [0.05, 0.1) is 5.92 Å². The summed E-state index contributed by atoms with van der Waals surface area (Å²) >= 11 is 5.92. The SMILES string of the molecule is CC(=O)c1ccc(NC(=O)C(c2ccc(Cl)cc2)C(C)C)cc1. The molecule has 0 heterocycles. The summed E-state index contributed by atoms with van der Waals surface area (Å²) in [5.41, 5.74) is 2.24. The van der Waals surface area contributed by atoms with Gasteiger partial charge >= 0.3 is 0 Å². The van der Waals surface area contributed by atoms with E-state index in [-0.39, 0.29) is 23.5 Å². The Bertz CT molecular complexity index is 690. The average Bonchev–Trinajstić information content (AvgIpc) is 2.49. The fraction of sp³-hybridized carbons (Fsp3) is 0.263. The Balaban J connectivity index is 2.18. The van der Waals surface area contributed by atoms with E-state index in [4.69, 9.17) is 11.6 Å². The molecule has 0 saturated carbocycles. The zero-order valence-corrected chi connectivity index (χ0v) is 14.2. The number of hydrogen-bond acceptors (Lipinski definition) is 2. The zero-order chi connectivity index (χ0) is 17.0. The molecule has 2 rings (SSSR count). The van der Waals surface area contributed by atoms with Crippen molar-refractivity contribution in [2.75, 3.05) is 5.32 Å². The third kappa shape index (κ3) is 4.42. The van der Waals surface area contributed by atoms with Gasteiger partial charge in [-0.2, -0.15) is 0 Å². The molecule has 2 aromatic rings. The molecule has 3 nitrogen and oxygen atoms in total. The summed E-state index contributed by atoms with van der Waals surface area (Å²) in [4.78, 5) is 23.9. The van der Waals surface area contributed by atoms with Crippen LogP contribution in [0.4, 0.5) is 5.69 Å². The van der Waals surface area contributed by atoms with Gasteiger partial charge in [0.25, 0.3) is 0 Å². The number of hydrogen-bond donors (Lipinski definition) is 1. The van der Waals surface area contributed by atoms with Gasteiger partial charge in [-0.05, 0) is 54.8 Å². The smallest absolute Gasteiger partial charge is 0.232 e. The Morgan fingerprint density at radius 3 is 2.00 bits per heavy atom. The van der Waals surface area contributed by atoms with Gasteiger partial charge in [0, 0.05) is 16.3 Å². The molecular formula is C19H20ClNO2. The Hall–Kier alpha value is -2.13. The number of rotatable bonds is 5. The van der Waals surface area contributed by atoms with Crippen molar-refractivity contribution in [3.63, 3.8) is 0 Å². The first-order valence-electron chi connectivity index (χ1n) is 7.56. The summed E-state index contributed by atoms with van der Waals surface area (Å²) in [6, 6.07) is 14.3. The zero-order valence-electron chi connectivity index (χ0n) is 13.5. The van der Waals surface area contributed by atoms with Crippen molar-refractivity contribution in [1.82, 2.24) is 0 Å². The second kappa shape index (κ2) is 7.42. The molecule has 4 heteroatoms. The van der Waals surface area contributed by atoms with Gasteiger partial charge in [0.2, 0.25) is 5.91 Å². The summed E-state index contributed by atoms with van der Waals surface area (Å²) in [6.45, 7) is 5.54. The first-order valence-corrected chi connectivity index (χ1v) is 7.93. The largest absolute Gasteiger partial charge is 0.326 e. The van der Waals surface area contributed by atoms with Gasteiger partial charge < -0.3 is 5.32 Å². The monoisotopic (exact) mass is 329 g/mol. The molecule has 1 N–H and O–H groups in total. The molecule has 0 radical (unpaired) electrons. The molecule has 2 aromatic carbocycles. The number of amides is 1. The maximum Gasteiger partial charge on any atom is 0.232 e. The van der Waals surface area contributed by atoms with Crippen molar-refractivity contribution in [2.45, 2.75) is 26.7 Å². The molecule has 1 unspecified atom stereocenters. The maximum absolute atomic E-state index is 12.6. The molecule has 0 aliphatic heterocycles. The molecule has 0 spiro atoms. The number of carbonyl (C=O) groups is 2. The molecule has 120 valence electrons. The predicted molar refractivity (Wildman–Crippen MR) is 94.1 cm³/mol. The lowest BCUT2D eigenvalue weighted by atomic mass is 9.87.